The molecule has 3 atom stereocenters. The zero-order valence-corrected chi connectivity index (χ0v) is 9.46. The highest BCUT2D eigenvalue weighted by atomic mass is 19.4. The second-order valence-electron chi connectivity index (χ2n) is 4.21. The number of rotatable bonds is 5. The molecule has 1 fully saturated rings. The third-order valence-electron chi connectivity index (χ3n) is 3.02. The molecule has 0 saturated heterocycles. The molecular weight excluding hydrogens is 239 g/mol. The maximum Gasteiger partial charge on any atom is 0.403 e. The molecule has 0 aromatic rings. The van der Waals surface area contributed by atoms with Crippen molar-refractivity contribution in [2.75, 3.05) is 13.7 Å². The van der Waals surface area contributed by atoms with Crippen LogP contribution in [0.1, 0.15) is 19.3 Å². The largest absolute Gasteiger partial charge is 0.481 e. The van der Waals surface area contributed by atoms with Gasteiger partial charge in [0.15, 0.2) is 5.92 Å². The van der Waals surface area contributed by atoms with Gasteiger partial charge >= 0.3 is 12.1 Å². The number of nitrogens with one attached hydrogen (secondary N) is 1. The van der Waals surface area contributed by atoms with Crippen molar-refractivity contribution in [1.82, 2.24) is 5.32 Å². The Hall–Kier alpha value is -0.820. The fourth-order valence-electron chi connectivity index (χ4n) is 1.97. The van der Waals surface area contributed by atoms with E-state index in [-0.39, 0.29) is 12.1 Å². The van der Waals surface area contributed by atoms with E-state index in [9.17, 15) is 18.0 Å². The van der Waals surface area contributed by atoms with E-state index in [1.54, 1.807) is 7.11 Å². The first-order valence-corrected chi connectivity index (χ1v) is 5.40. The van der Waals surface area contributed by atoms with Crippen molar-refractivity contribution in [1.29, 1.82) is 0 Å². The van der Waals surface area contributed by atoms with E-state index < -0.39 is 24.6 Å². The maximum atomic E-state index is 12.3. The van der Waals surface area contributed by atoms with Gasteiger partial charge in [0.05, 0.1) is 6.10 Å². The fourth-order valence-corrected chi connectivity index (χ4v) is 1.97. The highest BCUT2D eigenvalue weighted by Crippen LogP contribution is 2.27. The summed E-state index contributed by atoms with van der Waals surface area (Å²) in [5, 5.41) is 11.1. The van der Waals surface area contributed by atoms with Gasteiger partial charge in [0.2, 0.25) is 0 Å². The number of carboxylic acid groups (broad SMARTS) is 1. The van der Waals surface area contributed by atoms with Crippen LogP contribution in [0.15, 0.2) is 0 Å². The number of carbonyl (C=O) groups is 1. The second kappa shape index (κ2) is 5.68. The molecule has 0 spiro atoms. The number of aliphatic carboxylic acids is 1. The number of alkyl halides is 3. The van der Waals surface area contributed by atoms with Crippen LogP contribution in [0.2, 0.25) is 0 Å². The van der Waals surface area contributed by atoms with Gasteiger partial charge in [-0.05, 0) is 19.3 Å². The molecule has 7 heteroatoms. The fraction of sp³-hybridized carbons (Fsp3) is 0.900. The Morgan fingerprint density at radius 3 is 2.59 bits per heavy atom. The number of hydrogen-bond donors (Lipinski definition) is 2. The van der Waals surface area contributed by atoms with Crippen molar-refractivity contribution in [3.05, 3.63) is 0 Å². The molecule has 100 valence electrons. The summed E-state index contributed by atoms with van der Waals surface area (Å²) in [6.45, 7) is -0.583. The minimum absolute atomic E-state index is 0.0571. The van der Waals surface area contributed by atoms with Gasteiger partial charge < -0.3 is 15.2 Å². The molecule has 1 aliphatic carbocycles. The average Bonchev–Trinajstić information content (AvgIpc) is 2.63. The number of carboxylic acids is 1. The lowest BCUT2D eigenvalue weighted by atomic mass is 10.1. The van der Waals surface area contributed by atoms with Crippen LogP contribution in [0.4, 0.5) is 13.2 Å². The Morgan fingerprint density at radius 1 is 1.53 bits per heavy atom. The highest BCUT2D eigenvalue weighted by Gasteiger charge is 2.45. The van der Waals surface area contributed by atoms with E-state index in [0.29, 0.717) is 12.8 Å². The van der Waals surface area contributed by atoms with Gasteiger partial charge in [-0.3, -0.25) is 4.79 Å². The minimum Gasteiger partial charge on any atom is -0.481 e. The molecule has 2 N–H and O–H groups in total. The summed E-state index contributed by atoms with van der Waals surface area (Å²) in [6.07, 6.45) is -2.53. The standard InChI is InChI=1S/C10H16F3NO3/c1-17-7-3-2-6(4-7)14-5-8(9(15)16)10(11,12)13/h6-8,14H,2-5H2,1H3,(H,15,16). The third-order valence-corrected chi connectivity index (χ3v) is 3.02. The molecule has 3 unspecified atom stereocenters. The van der Waals surface area contributed by atoms with Gasteiger partial charge in [0, 0.05) is 19.7 Å². The van der Waals surface area contributed by atoms with E-state index in [0.717, 1.165) is 6.42 Å². The van der Waals surface area contributed by atoms with E-state index in [2.05, 4.69) is 5.32 Å². The Bertz CT molecular complexity index is 270. The average molecular weight is 255 g/mol. The van der Waals surface area contributed by atoms with E-state index in [1.165, 1.54) is 0 Å². The summed E-state index contributed by atoms with van der Waals surface area (Å²) >= 11 is 0. The minimum atomic E-state index is -4.71. The smallest absolute Gasteiger partial charge is 0.403 e. The van der Waals surface area contributed by atoms with Crippen molar-refractivity contribution < 1.29 is 27.8 Å². The molecule has 4 nitrogen and oxygen atoms in total. The van der Waals surface area contributed by atoms with E-state index in [4.69, 9.17) is 9.84 Å². The van der Waals surface area contributed by atoms with Crippen molar-refractivity contribution in [3.63, 3.8) is 0 Å². The van der Waals surface area contributed by atoms with Crippen LogP contribution in [0, 0.1) is 5.92 Å². The summed E-state index contributed by atoms with van der Waals surface area (Å²) in [6, 6.07) is -0.0934. The normalized spacial score (nSPS) is 27.1. The lowest BCUT2D eigenvalue weighted by molar-refractivity contribution is -0.192. The van der Waals surface area contributed by atoms with Gasteiger partial charge in [0.1, 0.15) is 0 Å². The molecule has 0 aromatic heterocycles. The lowest BCUT2D eigenvalue weighted by Crippen LogP contribution is -2.42. The quantitative estimate of drug-likeness (QED) is 0.779. The Morgan fingerprint density at radius 2 is 2.18 bits per heavy atom. The predicted octanol–water partition coefficient (Wildman–Crippen LogP) is 1.41. The van der Waals surface area contributed by atoms with Crippen LogP contribution in [0.3, 0.4) is 0 Å². The molecule has 17 heavy (non-hydrogen) atoms. The molecular formula is C10H16F3NO3. The maximum absolute atomic E-state index is 12.3. The van der Waals surface area contributed by atoms with Gasteiger partial charge in [-0.25, -0.2) is 0 Å². The van der Waals surface area contributed by atoms with Crippen molar-refractivity contribution >= 4 is 5.97 Å². The first-order valence-electron chi connectivity index (χ1n) is 5.40. The number of methoxy groups -OCH3 is 1. The Labute approximate surface area is 97.1 Å². The molecule has 0 amide bonds. The SMILES string of the molecule is COC1CCC(NCC(C(=O)O)C(F)(F)F)C1. The van der Waals surface area contributed by atoms with E-state index >= 15 is 0 Å². The molecule has 0 aromatic carbocycles. The van der Waals surface area contributed by atoms with Crippen LogP contribution in [0.5, 0.6) is 0 Å². The van der Waals surface area contributed by atoms with Gasteiger partial charge in [0.25, 0.3) is 0 Å². The van der Waals surface area contributed by atoms with Crippen LogP contribution in [-0.4, -0.2) is 43.1 Å². The molecule has 1 aliphatic rings. The van der Waals surface area contributed by atoms with Gasteiger partial charge in [-0.2, -0.15) is 13.2 Å². The van der Waals surface area contributed by atoms with Gasteiger partial charge in [-0.1, -0.05) is 0 Å². The monoisotopic (exact) mass is 255 g/mol. The van der Waals surface area contributed by atoms with Crippen molar-refractivity contribution in [2.45, 2.75) is 37.6 Å². The number of halogens is 3. The molecule has 0 bridgehead atoms. The zero-order chi connectivity index (χ0) is 13.1. The summed E-state index contributed by atoms with van der Waals surface area (Å²) < 4.78 is 42.1. The molecule has 1 rings (SSSR count). The molecule has 0 radical (unpaired) electrons. The predicted molar refractivity (Wildman–Crippen MR) is 53.6 cm³/mol. The zero-order valence-electron chi connectivity index (χ0n) is 9.46. The van der Waals surface area contributed by atoms with Crippen LogP contribution in [0.25, 0.3) is 0 Å². The van der Waals surface area contributed by atoms with Crippen LogP contribution in [-0.2, 0) is 9.53 Å². The molecule has 1 saturated carbocycles. The Balaban J connectivity index is 2.41. The number of ether oxygens (including phenoxy) is 1. The van der Waals surface area contributed by atoms with E-state index in [1.807, 2.05) is 0 Å². The summed E-state index contributed by atoms with van der Waals surface area (Å²) in [7, 11) is 1.56. The molecule has 0 heterocycles. The third kappa shape index (κ3) is 4.16. The number of hydrogen-bond acceptors (Lipinski definition) is 3. The molecule has 0 aliphatic heterocycles. The summed E-state index contributed by atoms with van der Waals surface area (Å²) in [4.78, 5) is 10.5. The highest BCUT2D eigenvalue weighted by molar-refractivity contribution is 5.71. The van der Waals surface area contributed by atoms with Crippen molar-refractivity contribution in [3.8, 4) is 0 Å². The Kier molecular flexibility index (Phi) is 4.76. The van der Waals surface area contributed by atoms with Crippen LogP contribution < -0.4 is 5.32 Å². The van der Waals surface area contributed by atoms with Crippen LogP contribution >= 0.6 is 0 Å². The second-order valence-corrected chi connectivity index (χ2v) is 4.21. The van der Waals surface area contributed by atoms with Gasteiger partial charge in [-0.15, -0.1) is 0 Å². The first kappa shape index (κ1) is 14.2. The van der Waals surface area contributed by atoms with Crippen molar-refractivity contribution in [2.24, 2.45) is 5.92 Å². The topological polar surface area (TPSA) is 58.6 Å². The first-order chi connectivity index (χ1) is 7.84. The summed E-state index contributed by atoms with van der Waals surface area (Å²) in [5.74, 6) is -4.18. The summed E-state index contributed by atoms with van der Waals surface area (Å²) in [5.41, 5.74) is 0. The lowest BCUT2D eigenvalue weighted by Gasteiger charge is -2.19.